The van der Waals surface area contributed by atoms with Gasteiger partial charge >= 0.3 is 12.4 Å². The number of aromatic nitrogens is 2. The zero-order chi connectivity index (χ0) is 20.0. The molecule has 2 aromatic carbocycles. The lowest BCUT2D eigenvalue weighted by molar-refractivity contribution is -0.274. The van der Waals surface area contributed by atoms with Crippen LogP contribution in [-0.2, 0) is 6.42 Å². The van der Waals surface area contributed by atoms with Gasteiger partial charge in [-0.15, -0.1) is 13.2 Å². The number of carbonyl (C=O) groups excluding carboxylic acids is 1. The molecule has 28 heavy (non-hydrogen) atoms. The minimum absolute atomic E-state index is 0.0781. The molecule has 0 fully saturated rings. The summed E-state index contributed by atoms with van der Waals surface area (Å²) in [4.78, 5) is 12.0. The van der Waals surface area contributed by atoms with Gasteiger partial charge in [-0.1, -0.05) is 30.3 Å². The number of hydrogen-bond acceptors (Lipinski definition) is 3. The van der Waals surface area contributed by atoms with E-state index in [-0.39, 0.29) is 12.2 Å². The van der Waals surface area contributed by atoms with Crippen molar-refractivity contribution in [3.63, 3.8) is 0 Å². The van der Waals surface area contributed by atoms with Crippen molar-refractivity contribution < 1.29 is 22.7 Å². The quantitative estimate of drug-likeness (QED) is 0.665. The fourth-order valence-corrected chi connectivity index (χ4v) is 2.47. The molecule has 2 N–H and O–H groups in total. The number of rotatable bonds is 6. The van der Waals surface area contributed by atoms with Crippen LogP contribution in [0.3, 0.4) is 0 Å². The minimum atomic E-state index is -4.84. The van der Waals surface area contributed by atoms with Crippen molar-refractivity contribution in [2.24, 2.45) is 0 Å². The molecule has 0 saturated carbocycles. The van der Waals surface area contributed by atoms with Gasteiger partial charge in [0.1, 0.15) is 0 Å². The molecule has 0 aliphatic carbocycles. The van der Waals surface area contributed by atoms with Crippen molar-refractivity contribution in [3.8, 4) is 11.4 Å². The molecule has 0 radical (unpaired) electrons. The highest BCUT2D eigenvalue weighted by atomic mass is 19.4. The topological polar surface area (TPSA) is 68.2 Å². The van der Waals surface area contributed by atoms with E-state index in [2.05, 4.69) is 20.5 Å². The van der Waals surface area contributed by atoms with Gasteiger partial charge in [0, 0.05) is 19.2 Å². The van der Waals surface area contributed by atoms with Crippen molar-refractivity contribution in [2.45, 2.75) is 12.8 Å². The van der Waals surface area contributed by atoms with E-state index in [1.165, 1.54) is 18.2 Å². The Morgan fingerprint density at radius 2 is 1.75 bits per heavy atom. The van der Waals surface area contributed by atoms with E-state index >= 15 is 0 Å². The molecule has 2 amide bonds. The van der Waals surface area contributed by atoms with Crippen molar-refractivity contribution in [3.05, 3.63) is 72.6 Å². The molecular weight excluding hydrogens is 373 g/mol. The highest BCUT2D eigenvalue weighted by Gasteiger charge is 2.32. The molecule has 0 aliphatic rings. The lowest BCUT2D eigenvalue weighted by Crippen LogP contribution is -2.31. The van der Waals surface area contributed by atoms with Crippen LogP contribution in [0.25, 0.3) is 5.69 Å². The van der Waals surface area contributed by atoms with Crippen LogP contribution >= 0.6 is 0 Å². The third kappa shape index (κ3) is 5.50. The van der Waals surface area contributed by atoms with Crippen LogP contribution in [0.2, 0.25) is 0 Å². The van der Waals surface area contributed by atoms with Crippen molar-refractivity contribution in [1.29, 1.82) is 0 Å². The first-order valence-corrected chi connectivity index (χ1v) is 8.40. The Kier molecular flexibility index (Phi) is 5.83. The van der Waals surface area contributed by atoms with Gasteiger partial charge in [-0.25, -0.2) is 9.48 Å². The van der Waals surface area contributed by atoms with Gasteiger partial charge in [-0.2, -0.15) is 5.10 Å². The lowest BCUT2D eigenvalue weighted by atomic mass is 10.3. The molecule has 0 bridgehead atoms. The Morgan fingerprint density at radius 3 is 2.50 bits per heavy atom. The van der Waals surface area contributed by atoms with E-state index in [9.17, 15) is 18.0 Å². The molecule has 0 saturated heterocycles. The molecule has 1 aromatic heterocycles. The average molecular weight is 390 g/mol. The molecule has 146 valence electrons. The zero-order valence-electron chi connectivity index (χ0n) is 14.6. The summed E-state index contributed by atoms with van der Waals surface area (Å²) in [5.41, 5.74) is 1.61. The van der Waals surface area contributed by atoms with Gasteiger partial charge in [0.05, 0.1) is 17.1 Å². The minimum Gasteiger partial charge on any atom is -0.404 e. The van der Waals surface area contributed by atoms with Crippen molar-refractivity contribution >= 4 is 11.7 Å². The predicted molar refractivity (Wildman–Crippen MR) is 97.4 cm³/mol. The highest BCUT2D eigenvalue weighted by Crippen LogP contribution is 2.29. The van der Waals surface area contributed by atoms with Crippen molar-refractivity contribution in [1.82, 2.24) is 15.1 Å². The first-order valence-electron chi connectivity index (χ1n) is 8.40. The van der Waals surface area contributed by atoms with E-state index in [0.29, 0.717) is 6.42 Å². The van der Waals surface area contributed by atoms with Crippen LogP contribution in [0, 0.1) is 0 Å². The number of nitrogens with one attached hydrogen (secondary N) is 2. The predicted octanol–water partition coefficient (Wildman–Crippen LogP) is 4.14. The molecule has 0 aliphatic heterocycles. The number of hydrogen-bond donors (Lipinski definition) is 2. The van der Waals surface area contributed by atoms with Crippen molar-refractivity contribution in [2.75, 3.05) is 11.9 Å². The van der Waals surface area contributed by atoms with Crippen LogP contribution in [0.1, 0.15) is 5.69 Å². The molecule has 3 aromatic rings. The number of nitrogens with zero attached hydrogens (tertiary/aromatic N) is 2. The number of benzene rings is 2. The first-order chi connectivity index (χ1) is 13.4. The fourth-order valence-electron chi connectivity index (χ4n) is 2.47. The number of para-hydroxylation sites is 3. The average Bonchev–Trinajstić information content (AvgIpc) is 3.12. The fraction of sp³-hybridized carbons (Fsp3) is 0.158. The van der Waals surface area contributed by atoms with E-state index in [1.54, 1.807) is 4.68 Å². The van der Waals surface area contributed by atoms with E-state index in [4.69, 9.17) is 0 Å². The Morgan fingerprint density at radius 1 is 1.04 bits per heavy atom. The molecule has 3 rings (SSSR count). The second kappa shape index (κ2) is 8.47. The standard InChI is InChI=1S/C19H17F3N4O2/c20-19(21,22)28-17-9-5-4-8-16(17)24-18(27)23-12-10-14-11-13-26(25-14)15-6-2-1-3-7-15/h1-9,11,13H,10,12H2,(H2,23,24,27). The smallest absolute Gasteiger partial charge is 0.404 e. The van der Waals surface area contributed by atoms with Gasteiger partial charge < -0.3 is 15.4 Å². The summed E-state index contributed by atoms with van der Waals surface area (Å²) in [6.45, 7) is 0.264. The summed E-state index contributed by atoms with van der Waals surface area (Å²) >= 11 is 0. The van der Waals surface area contributed by atoms with Crippen LogP contribution in [0.5, 0.6) is 5.75 Å². The Labute approximate surface area is 158 Å². The number of ether oxygens (including phenoxy) is 1. The molecule has 9 heteroatoms. The number of amides is 2. The lowest BCUT2D eigenvalue weighted by Gasteiger charge is -2.14. The van der Waals surface area contributed by atoms with Gasteiger partial charge in [-0.05, 0) is 30.3 Å². The summed E-state index contributed by atoms with van der Waals surface area (Å²) in [7, 11) is 0. The summed E-state index contributed by atoms with van der Waals surface area (Å²) < 4.78 is 42.9. The maximum atomic E-state index is 12.4. The van der Waals surface area contributed by atoms with E-state index < -0.39 is 18.1 Å². The molecule has 0 atom stereocenters. The van der Waals surface area contributed by atoms with Gasteiger partial charge in [0.15, 0.2) is 5.75 Å². The molecular formula is C19H17F3N4O2. The van der Waals surface area contributed by atoms with Gasteiger partial charge in [-0.3, -0.25) is 0 Å². The maximum absolute atomic E-state index is 12.4. The second-order valence-electron chi connectivity index (χ2n) is 5.76. The van der Waals surface area contributed by atoms with Gasteiger partial charge in [0.2, 0.25) is 0 Å². The Balaban J connectivity index is 1.51. The van der Waals surface area contributed by atoms with Crippen LogP contribution in [-0.4, -0.2) is 28.7 Å². The third-order valence-corrected chi connectivity index (χ3v) is 3.69. The highest BCUT2D eigenvalue weighted by molar-refractivity contribution is 5.90. The molecule has 1 heterocycles. The second-order valence-corrected chi connectivity index (χ2v) is 5.76. The summed E-state index contributed by atoms with van der Waals surface area (Å²) in [5, 5.41) is 9.35. The van der Waals surface area contributed by atoms with Crippen LogP contribution < -0.4 is 15.4 Å². The van der Waals surface area contributed by atoms with Crippen LogP contribution in [0.4, 0.5) is 23.7 Å². The van der Waals surface area contributed by atoms with E-state index in [0.717, 1.165) is 17.4 Å². The number of alkyl halides is 3. The largest absolute Gasteiger partial charge is 0.573 e. The number of urea groups is 1. The van der Waals surface area contributed by atoms with E-state index in [1.807, 2.05) is 42.6 Å². The van der Waals surface area contributed by atoms with Crippen LogP contribution in [0.15, 0.2) is 66.9 Å². The Hall–Kier alpha value is -3.49. The number of anilines is 1. The number of halogens is 3. The number of carbonyl (C=O) groups is 1. The molecule has 0 unspecified atom stereocenters. The normalized spacial score (nSPS) is 11.1. The summed E-state index contributed by atoms with van der Waals surface area (Å²) in [5.74, 6) is -0.480. The van der Waals surface area contributed by atoms with Gasteiger partial charge in [0.25, 0.3) is 0 Å². The Bertz CT molecular complexity index is 926. The summed E-state index contributed by atoms with van der Waals surface area (Å²) in [6, 6.07) is 16.1. The SMILES string of the molecule is O=C(NCCc1ccn(-c2ccccc2)n1)Nc1ccccc1OC(F)(F)F. The zero-order valence-corrected chi connectivity index (χ0v) is 14.6. The molecule has 6 nitrogen and oxygen atoms in total. The third-order valence-electron chi connectivity index (χ3n) is 3.69. The maximum Gasteiger partial charge on any atom is 0.573 e. The first kappa shape index (κ1) is 19.3. The molecule has 0 spiro atoms. The summed E-state index contributed by atoms with van der Waals surface area (Å²) in [6.07, 6.45) is -2.56. The monoisotopic (exact) mass is 390 g/mol.